The first kappa shape index (κ1) is 21.5. The van der Waals surface area contributed by atoms with Gasteiger partial charge >= 0.3 is 29.6 Å². The predicted molar refractivity (Wildman–Crippen MR) is 111 cm³/mol. The van der Waals surface area contributed by atoms with Gasteiger partial charge < -0.3 is 4.55 Å². The summed E-state index contributed by atoms with van der Waals surface area (Å²) in [6, 6.07) is 18.9. The third-order valence-corrected chi connectivity index (χ3v) is 5.53. The molecule has 0 saturated heterocycles. The Morgan fingerprint density at radius 2 is 1.23 bits per heavy atom. The molecule has 5 rings (SSSR count). The first-order valence-electron chi connectivity index (χ1n) is 9.03. The number of nitrogens with zero attached hydrogens (tertiary/aromatic N) is 4. The van der Waals surface area contributed by atoms with Crippen LogP contribution in [0.4, 0.5) is 0 Å². The first-order valence-corrected chi connectivity index (χ1v) is 10.4. The minimum Gasteiger partial charge on any atom is -0.744 e. The van der Waals surface area contributed by atoms with Crippen molar-refractivity contribution in [3.8, 4) is 22.8 Å². The van der Waals surface area contributed by atoms with E-state index in [9.17, 15) is 13.0 Å². The van der Waals surface area contributed by atoms with Crippen LogP contribution in [0.3, 0.4) is 0 Å². The summed E-state index contributed by atoms with van der Waals surface area (Å²) in [6.07, 6.45) is 3.36. The molecule has 3 aromatic heterocycles. The molecular weight excluding hydrogens is 423 g/mol. The smallest absolute Gasteiger partial charge is 0.744 e. The van der Waals surface area contributed by atoms with Gasteiger partial charge in [0.2, 0.25) is 0 Å². The summed E-state index contributed by atoms with van der Waals surface area (Å²) >= 11 is 0. The Balaban J connectivity index is 0.00000231. The van der Waals surface area contributed by atoms with Crippen LogP contribution in [-0.4, -0.2) is 32.9 Å². The van der Waals surface area contributed by atoms with Crippen LogP contribution in [-0.2, 0) is 10.1 Å². The molecule has 2 aromatic carbocycles. The molecule has 3 heterocycles. The zero-order valence-electron chi connectivity index (χ0n) is 16.4. The molecule has 7 nitrogen and oxygen atoms in total. The maximum absolute atomic E-state index is 11.4. The second kappa shape index (κ2) is 8.41. The minimum atomic E-state index is -4.55. The molecule has 0 aliphatic heterocycles. The molecule has 0 saturated carbocycles. The van der Waals surface area contributed by atoms with Crippen LogP contribution in [0.25, 0.3) is 44.6 Å². The number of hydrogen-bond donors (Lipinski definition) is 0. The third-order valence-electron chi connectivity index (χ3n) is 4.70. The number of fused-ring (bicyclic) bond motifs is 2. The van der Waals surface area contributed by atoms with Crippen LogP contribution in [0, 0.1) is 0 Å². The zero-order chi connectivity index (χ0) is 20.7. The van der Waals surface area contributed by atoms with Crippen LogP contribution in [0.2, 0.25) is 0 Å². The molecule has 0 bridgehead atoms. The standard InChI is InChI=1S/C22H14N4O3S.Na/c27-30(28,29)16-8-7-14-12-19-20(13-15(14)11-16)26-22(18-6-2-4-10-24-18)21(25-19)17-5-1-3-9-23-17;/h1-13H,(H,27,28,29);/q;+1/p-1. The van der Waals surface area contributed by atoms with Gasteiger partial charge in [0.25, 0.3) is 0 Å². The molecule has 5 aromatic rings. The molecular formula is C22H13N4NaO3S. The monoisotopic (exact) mass is 436 g/mol. The molecule has 0 spiro atoms. The maximum Gasteiger partial charge on any atom is 1.00 e. The Kier molecular flexibility index (Phi) is 5.83. The number of benzene rings is 2. The van der Waals surface area contributed by atoms with E-state index in [1.54, 1.807) is 24.5 Å². The molecule has 0 N–H and O–H groups in total. The fourth-order valence-electron chi connectivity index (χ4n) is 3.30. The molecule has 31 heavy (non-hydrogen) atoms. The van der Waals surface area contributed by atoms with Crippen molar-refractivity contribution in [3.63, 3.8) is 0 Å². The quantitative estimate of drug-likeness (QED) is 0.234. The summed E-state index contributed by atoms with van der Waals surface area (Å²) in [5.41, 5.74) is 3.65. The van der Waals surface area contributed by atoms with E-state index in [1.807, 2.05) is 42.5 Å². The molecule has 146 valence electrons. The van der Waals surface area contributed by atoms with Gasteiger partial charge in [-0.1, -0.05) is 18.2 Å². The third kappa shape index (κ3) is 4.21. The van der Waals surface area contributed by atoms with Crippen molar-refractivity contribution in [3.05, 3.63) is 79.1 Å². The van der Waals surface area contributed by atoms with Gasteiger partial charge in [0, 0.05) is 12.4 Å². The van der Waals surface area contributed by atoms with E-state index in [0.29, 0.717) is 39.2 Å². The van der Waals surface area contributed by atoms with Crippen molar-refractivity contribution in [1.29, 1.82) is 0 Å². The SMILES string of the molecule is O=S(=O)([O-])c1ccc2cc3nc(-c4ccccn4)c(-c4ccccn4)nc3cc2c1.[Na+]. The van der Waals surface area contributed by atoms with Crippen molar-refractivity contribution >= 4 is 31.9 Å². The van der Waals surface area contributed by atoms with Crippen molar-refractivity contribution in [1.82, 2.24) is 19.9 Å². The summed E-state index contributed by atoms with van der Waals surface area (Å²) in [5, 5.41) is 1.34. The van der Waals surface area contributed by atoms with Gasteiger partial charge in [-0.2, -0.15) is 0 Å². The van der Waals surface area contributed by atoms with Gasteiger partial charge in [0.05, 0.1) is 27.3 Å². The summed E-state index contributed by atoms with van der Waals surface area (Å²) < 4.78 is 34.1. The topological polar surface area (TPSA) is 109 Å². The zero-order valence-corrected chi connectivity index (χ0v) is 19.2. The Labute approximate surface area is 200 Å². The van der Waals surface area contributed by atoms with E-state index < -0.39 is 10.1 Å². The van der Waals surface area contributed by atoms with E-state index in [1.165, 1.54) is 12.1 Å². The van der Waals surface area contributed by atoms with Crippen molar-refractivity contribution in [2.45, 2.75) is 4.90 Å². The van der Waals surface area contributed by atoms with Crippen molar-refractivity contribution in [2.24, 2.45) is 0 Å². The van der Waals surface area contributed by atoms with Gasteiger partial charge in [0.1, 0.15) is 21.5 Å². The second-order valence-corrected chi connectivity index (χ2v) is 8.03. The summed E-state index contributed by atoms with van der Waals surface area (Å²) in [5.74, 6) is 0. The second-order valence-electron chi connectivity index (χ2n) is 6.65. The number of rotatable bonds is 3. The average molecular weight is 436 g/mol. The Hall–Kier alpha value is -2.75. The fourth-order valence-corrected chi connectivity index (χ4v) is 3.80. The van der Waals surface area contributed by atoms with Crippen LogP contribution >= 0.6 is 0 Å². The Bertz CT molecular complexity index is 1510. The summed E-state index contributed by atoms with van der Waals surface area (Å²) in [6.45, 7) is 0. The van der Waals surface area contributed by atoms with E-state index in [0.717, 1.165) is 5.39 Å². The van der Waals surface area contributed by atoms with Gasteiger partial charge in [-0.05, 0) is 59.3 Å². The van der Waals surface area contributed by atoms with E-state index >= 15 is 0 Å². The molecule has 0 unspecified atom stereocenters. The van der Waals surface area contributed by atoms with Crippen LogP contribution in [0.1, 0.15) is 0 Å². The minimum absolute atomic E-state index is 0. The number of pyridine rings is 2. The average Bonchev–Trinajstić information content (AvgIpc) is 2.77. The van der Waals surface area contributed by atoms with Gasteiger partial charge in [0.15, 0.2) is 0 Å². The van der Waals surface area contributed by atoms with Crippen LogP contribution in [0.15, 0.2) is 84.0 Å². The summed E-state index contributed by atoms with van der Waals surface area (Å²) in [4.78, 5) is 18.1. The van der Waals surface area contributed by atoms with E-state index in [-0.39, 0.29) is 34.5 Å². The Morgan fingerprint density at radius 3 is 1.71 bits per heavy atom. The maximum atomic E-state index is 11.4. The number of hydrogen-bond acceptors (Lipinski definition) is 7. The van der Waals surface area contributed by atoms with Crippen molar-refractivity contribution < 1.29 is 42.5 Å². The summed E-state index contributed by atoms with van der Waals surface area (Å²) in [7, 11) is -4.55. The molecule has 0 aliphatic rings. The normalized spacial score (nSPS) is 11.4. The predicted octanol–water partition coefficient (Wildman–Crippen LogP) is 0.815. The van der Waals surface area contributed by atoms with E-state index in [2.05, 4.69) is 9.97 Å². The fraction of sp³-hybridized carbons (Fsp3) is 0. The first-order chi connectivity index (χ1) is 14.5. The molecule has 0 fully saturated rings. The Morgan fingerprint density at radius 1 is 0.677 bits per heavy atom. The molecule has 0 amide bonds. The van der Waals surface area contributed by atoms with Crippen LogP contribution in [0.5, 0.6) is 0 Å². The molecule has 0 aliphatic carbocycles. The van der Waals surface area contributed by atoms with Gasteiger partial charge in [-0.3, -0.25) is 9.97 Å². The van der Waals surface area contributed by atoms with E-state index in [4.69, 9.17) is 9.97 Å². The molecule has 0 radical (unpaired) electrons. The number of aromatic nitrogens is 4. The molecule has 9 heteroatoms. The van der Waals surface area contributed by atoms with Gasteiger partial charge in [-0.15, -0.1) is 0 Å². The van der Waals surface area contributed by atoms with Crippen molar-refractivity contribution in [2.75, 3.05) is 0 Å². The largest absolute Gasteiger partial charge is 1.00 e. The molecule has 0 atom stereocenters. The van der Waals surface area contributed by atoms with Crippen LogP contribution < -0.4 is 29.6 Å². The van der Waals surface area contributed by atoms with Gasteiger partial charge in [-0.25, -0.2) is 18.4 Å².